The lowest BCUT2D eigenvalue weighted by molar-refractivity contribution is 0.0853. The zero-order chi connectivity index (χ0) is 13.3. The Kier molecular flexibility index (Phi) is 2.98. The van der Waals surface area contributed by atoms with Crippen LogP contribution in [0.4, 0.5) is 0 Å². The van der Waals surface area contributed by atoms with Crippen LogP contribution in [0.1, 0.15) is 37.2 Å². The van der Waals surface area contributed by atoms with Gasteiger partial charge in [-0.25, -0.2) is 0 Å². The molecule has 0 N–H and O–H groups in total. The minimum Gasteiger partial charge on any atom is -0.339 e. The van der Waals surface area contributed by atoms with E-state index in [2.05, 4.69) is 15.1 Å². The van der Waals surface area contributed by atoms with Crippen LogP contribution in [-0.2, 0) is 0 Å². The van der Waals surface area contributed by atoms with E-state index in [0.29, 0.717) is 23.0 Å². The summed E-state index contributed by atoms with van der Waals surface area (Å²) in [5.41, 5.74) is 0.488. The third-order valence-electron chi connectivity index (χ3n) is 2.47. The first-order valence-corrected chi connectivity index (χ1v) is 5.70. The summed E-state index contributed by atoms with van der Waals surface area (Å²) in [6, 6.07) is 3.52. The first kappa shape index (κ1) is 12.4. The van der Waals surface area contributed by atoms with Crippen molar-refractivity contribution < 1.29 is 9.32 Å². The van der Waals surface area contributed by atoms with Crippen LogP contribution >= 0.6 is 0 Å². The zero-order valence-corrected chi connectivity index (χ0v) is 10.9. The Morgan fingerprint density at radius 3 is 2.61 bits per heavy atom. The van der Waals surface area contributed by atoms with Gasteiger partial charge in [-0.3, -0.25) is 9.78 Å². The van der Waals surface area contributed by atoms with E-state index in [9.17, 15) is 4.79 Å². The Morgan fingerprint density at radius 1 is 1.33 bits per heavy atom. The SMILES string of the molecule is Cc1nc(-c2cccnc2C(=O)C(C)(C)C)no1. The number of Topliss-reactive ketones (excluding diaryl/α,β-unsaturated/α-hetero) is 1. The second kappa shape index (κ2) is 4.33. The van der Waals surface area contributed by atoms with Crippen molar-refractivity contribution >= 4 is 5.78 Å². The Morgan fingerprint density at radius 2 is 2.06 bits per heavy atom. The van der Waals surface area contributed by atoms with E-state index >= 15 is 0 Å². The summed E-state index contributed by atoms with van der Waals surface area (Å²) in [5, 5.41) is 3.83. The summed E-state index contributed by atoms with van der Waals surface area (Å²) in [4.78, 5) is 20.6. The molecule has 94 valence electrons. The number of hydrogen-bond donors (Lipinski definition) is 0. The molecule has 2 aromatic heterocycles. The largest absolute Gasteiger partial charge is 0.339 e. The van der Waals surface area contributed by atoms with Crippen molar-refractivity contribution in [1.82, 2.24) is 15.1 Å². The third-order valence-corrected chi connectivity index (χ3v) is 2.47. The summed E-state index contributed by atoms with van der Waals surface area (Å²) >= 11 is 0. The Balaban J connectivity index is 2.53. The number of pyridine rings is 1. The van der Waals surface area contributed by atoms with Crippen LogP contribution < -0.4 is 0 Å². The molecule has 2 rings (SSSR count). The fourth-order valence-electron chi connectivity index (χ4n) is 1.53. The minimum atomic E-state index is -0.498. The number of carbonyl (C=O) groups excluding carboxylic acids is 1. The maximum atomic E-state index is 12.3. The standard InChI is InChI=1S/C13H15N3O2/c1-8-15-12(16-18-8)9-6-5-7-14-10(9)11(17)13(2,3)4/h5-7H,1-4H3. The smallest absolute Gasteiger partial charge is 0.223 e. The molecular formula is C13H15N3O2. The van der Waals surface area contributed by atoms with E-state index in [-0.39, 0.29) is 5.78 Å². The molecule has 0 aliphatic carbocycles. The van der Waals surface area contributed by atoms with Crippen molar-refractivity contribution in [2.75, 3.05) is 0 Å². The fourth-order valence-corrected chi connectivity index (χ4v) is 1.53. The summed E-state index contributed by atoms with van der Waals surface area (Å²) < 4.78 is 4.94. The monoisotopic (exact) mass is 245 g/mol. The first-order valence-electron chi connectivity index (χ1n) is 5.70. The highest BCUT2D eigenvalue weighted by atomic mass is 16.5. The molecule has 0 amide bonds. The van der Waals surface area contributed by atoms with Crippen molar-refractivity contribution in [2.45, 2.75) is 27.7 Å². The molecule has 0 fully saturated rings. The molecule has 5 heteroatoms. The molecule has 18 heavy (non-hydrogen) atoms. The van der Waals surface area contributed by atoms with E-state index in [1.165, 1.54) is 0 Å². The van der Waals surface area contributed by atoms with Crippen LogP contribution in [-0.4, -0.2) is 20.9 Å². The lowest BCUT2D eigenvalue weighted by Gasteiger charge is -2.16. The van der Waals surface area contributed by atoms with Crippen molar-refractivity contribution in [1.29, 1.82) is 0 Å². The summed E-state index contributed by atoms with van der Waals surface area (Å²) in [6.07, 6.45) is 1.59. The molecule has 2 aromatic rings. The molecule has 0 bridgehead atoms. The van der Waals surface area contributed by atoms with Crippen LogP contribution in [0, 0.1) is 12.3 Å². The topological polar surface area (TPSA) is 68.9 Å². The van der Waals surface area contributed by atoms with Crippen molar-refractivity contribution in [3.8, 4) is 11.4 Å². The first-order chi connectivity index (χ1) is 8.39. The minimum absolute atomic E-state index is 0.0412. The second-order valence-electron chi connectivity index (χ2n) is 5.12. The molecule has 0 aliphatic heterocycles. The normalized spacial score (nSPS) is 11.6. The van der Waals surface area contributed by atoms with Gasteiger partial charge in [0.15, 0.2) is 5.78 Å². The number of aryl methyl sites for hydroxylation is 1. The van der Waals surface area contributed by atoms with E-state index in [1.54, 1.807) is 25.3 Å². The van der Waals surface area contributed by atoms with Crippen molar-refractivity contribution in [3.63, 3.8) is 0 Å². The quantitative estimate of drug-likeness (QED) is 0.761. The third kappa shape index (κ3) is 2.30. The van der Waals surface area contributed by atoms with Gasteiger partial charge in [-0.2, -0.15) is 4.98 Å². The van der Waals surface area contributed by atoms with Crippen molar-refractivity contribution in [2.24, 2.45) is 5.41 Å². The van der Waals surface area contributed by atoms with Crippen LogP contribution in [0.2, 0.25) is 0 Å². The molecule has 0 saturated carbocycles. The molecule has 0 aromatic carbocycles. The van der Waals surface area contributed by atoms with Gasteiger partial charge in [-0.05, 0) is 12.1 Å². The Hall–Kier alpha value is -2.04. The van der Waals surface area contributed by atoms with Crippen LogP contribution in [0.25, 0.3) is 11.4 Å². The van der Waals surface area contributed by atoms with Gasteiger partial charge in [-0.15, -0.1) is 0 Å². The predicted octanol–water partition coefficient (Wildman–Crippen LogP) is 2.67. The van der Waals surface area contributed by atoms with Gasteiger partial charge in [-0.1, -0.05) is 25.9 Å². The van der Waals surface area contributed by atoms with Gasteiger partial charge in [0.1, 0.15) is 5.69 Å². The fraction of sp³-hybridized carbons (Fsp3) is 0.385. The number of hydrogen-bond acceptors (Lipinski definition) is 5. The maximum absolute atomic E-state index is 12.3. The molecule has 0 radical (unpaired) electrons. The highest BCUT2D eigenvalue weighted by molar-refractivity contribution is 6.02. The molecular weight excluding hydrogens is 230 g/mol. The van der Waals surface area contributed by atoms with E-state index in [0.717, 1.165) is 0 Å². The van der Waals surface area contributed by atoms with Gasteiger partial charge >= 0.3 is 0 Å². The highest BCUT2D eigenvalue weighted by Gasteiger charge is 2.27. The molecule has 0 spiro atoms. The molecule has 2 heterocycles. The number of nitrogens with zero attached hydrogens (tertiary/aromatic N) is 3. The second-order valence-corrected chi connectivity index (χ2v) is 5.12. The summed E-state index contributed by atoms with van der Waals surface area (Å²) in [5.74, 6) is 0.816. The average Bonchev–Trinajstić information content (AvgIpc) is 2.73. The molecule has 5 nitrogen and oxygen atoms in total. The van der Waals surface area contributed by atoms with Crippen LogP contribution in [0.5, 0.6) is 0 Å². The van der Waals surface area contributed by atoms with Crippen LogP contribution in [0.3, 0.4) is 0 Å². The molecule has 0 saturated heterocycles. The lowest BCUT2D eigenvalue weighted by Crippen LogP contribution is -2.22. The lowest BCUT2D eigenvalue weighted by atomic mass is 9.87. The summed E-state index contributed by atoms with van der Waals surface area (Å²) in [7, 11) is 0. The number of aromatic nitrogens is 3. The van der Waals surface area contributed by atoms with Crippen molar-refractivity contribution in [3.05, 3.63) is 29.9 Å². The van der Waals surface area contributed by atoms with Gasteiger partial charge < -0.3 is 4.52 Å². The average molecular weight is 245 g/mol. The summed E-state index contributed by atoms with van der Waals surface area (Å²) in [6.45, 7) is 7.28. The zero-order valence-electron chi connectivity index (χ0n) is 10.9. The molecule has 0 unspecified atom stereocenters. The molecule has 0 atom stereocenters. The van der Waals surface area contributed by atoms with Gasteiger partial charge in [0.2, 0.25) is 11.7 Å². The van der Waals surface area contributed by atoms with Crippen LogP contribution in [0.15, 0.2) is 22.9 Å². The van der Waals surface area contributed by atoms with Gasteiger partial charge in [0.25, 0.3) is 0 Å². The predicted molar refractivity (Wildman–Crippen MR) is 66.1 cm³/mol. The number of carbonyl (C=O) groups is 1. The van der Waals surface area contributed by atoms with E-state index < -0.39 is 5.41 Å². The number of ketones is 1. The van der Waals surface area contributed by atoms with E-state index in [4.69, 9.17) is 4.52 Å². The Bertz CT molecular complexity index is 582. The van der Waals surface area contributed by atoms with Gasteiger partial charge in [0.05, 0.1) is 5.56 Å². The highest BCUT2D eigenvalue weighted by Crippen LogP contribution is 2.26. The molecule has 0 aliphatic rings. The Labute approximate surface area is 105 Å². The number of rotatable bonds is 2. The van der Waals surface area contributed by atoms with Gasteiger partial charge in [0, 0.05) is 18.5 Å². The van der Waals surface area contributed by atoms with E-state index in [1.807, 2.05) is 20.8 Å². The maximum Gasteiger partial charge on any atom is 0.223 e.